The summed E-state index contributed by atoms with van der Waals surface area (Å²) in [5.41, 5.74) is 2.12. The second-order valence-corrected chi connectivity index (χ2v) is 6.61. The molecular weight excluding hydrogens is 372 g/mol. The van der Waals surface area contributed by atoms with Crippen LogP contribution in [0.4, 0.5) is 10.6 Å². The number of rotatable bonds is 4. The molecule has 0 N–H and O–H groups in total. The van der Waals surface area contributed by atoms with Crippen molar-refractivity contribution in [2.24, 2.45) is 0 Å². The van der Waals surface area contributed by atoms with Crippen molar-refractivity contribution in [1.82, 2.24) is 25.1 Å². The van der Waals surface area contributed by atoms with Gasteiger partial charge in [0, 0.05) is 33.2 Å². The summed E-state index contributed by atoms with van der Waals surface area (Å²) in [6.07, 6.45) is 1.45. The number of nitrogens with zero attached hydrogens (tertiary/aromatic N) is 6. The maximum absolute atomic E-state index is 11.9. The first kappa shape index (κ1) is 18.9. The summed E-state index contributed by atoms with van der Waals surface area (Å²) < 4.78 is 10.9. The minimum absolute atomic E-state index is 0. The molecule has 1 aliphatic rings. The molecule has 1 saturated heterocycles. The molecule has 4 rings (SSSR count). The maximum Gasteiger partial charge on any atom is 0.409 e. The van der Waals surface area contributed by atoms with Crippen LogP contribution in [0.2, 0.25) is 0 Å². The van der Waals surface area contributed by atoms with Gasteiger partial charge in [0.15, 0.2) is 5.69 Å². The molecular formula is C20H24N6O3. The number of hydrogen-bond donors (Lipinski definition) is 0. The van der Waals surface area contributed by atoms with Crippen LogP contribution in [0.5, 0.6) is 0 Å². The smallest absolute Gasteiger partial charge is 0.409 e. The van der Waals surface area contributed by atoms with Gasteiger partial charge in [0.05, 0.1) is 18.5 Å². The molecule has 0 radical (unpaired) electrons. The highest BCUT2D eigenvalue weighted by molar-refractivity contribution is 5.68. The SMILES string of the molecule is CCOC(=O)N1CCN(c2cnc(C)c(-c3nnc(-c4ccccc4)o3)n2)CC1.[HH]. The number of hydrogen-bond acceptors (Lipinski definition) is 8. The normalized spacial score (nSPS) is 14.1. The standard InChI is InChI=1S/C20H22N6O3.H2/c1-3-28-20(27)26-11-9-25(10-12-26)16-13-21-14(2)17(22-16)19-24-23-18(29-19)15-7-5-4-6-8-15;/h4-8,13H,3,9-12H2,1-2H3;1H. The predicted octanol–water partition coefficient (Wildman–Crippen LogP) is 3.03. The Labute approximate surface area is 169 Å². The number of piperazine rings is 1. The number of ether oxygens (including phenoxy) is 1. The van der Waals surface area contributed by atoms with Crippen molar-refractivity contribution in [1.29, 1.82) is 0 Å². The van der Waals surface area contributed by atoms with Crippen molar-refractivity contribution in [3.05, 3.63) is 42.2 Å². The van der Waals surface area contributed by atoms with Gasteiger partial charge >= 0.3 is 6.09 Å². The molecule has 2 aromatic heterocycles. The van der Waals surface area contributed by atoms with Crippen molar-refractivity contribution >= 4 is 11.9 Å². The van der Waals surface area contributed by atoms with Crippen LogP contribution < -0.4 is 4.90 Å². The molecule has 1 amide bonds. The van der Waals surface area contributed by atoms with Gasteiger partial charge in [-0.05, 0) is 26.0 Å². The minimum atomic E-state index is -0.276. The Bertz CT molecular complexity index is 989. The summed E-state index contributed by atoms with van der Waals surface area (Å²) in [5.74, 6) is 1.49. The fourth-order valence-electron chi connectivity index (χ4n) is 3.14. The van der Waals surface area contributed by atoms with Crippen molar-refractivity contribution in [3.8, 4) is 23.0 Å². The Morgan fingerprint density at radius 3 is 2.59 bits per heavy atom. The molecule has 0 bridgehead atoms. The highest BCUT2D eigenvalue weighted by Crippen LogP contribution is 2.26. The lowest BCUT2D eigenvalue weighted by molar-refractivity contribution is 0.105. The van der Waals surface area contributed by atoms with Gasteiger partial charge in [-0.2, -0.15) is 0 Å². The molecule has 1 aromatic carbocycles. The highest BCUT2D eigenvalue weighted by Gasteiger charge is 2.24. The van der Waals surface area contributed by atoms with E-state index >= 15 is 0 Å². The Balaban J connectivity index is 0.00000256. The molecule has 1 aliphatic heterocycles. The van der Waals surface area contributed by atoms with Crippen LogP contribution in [0.25, 0.3) is 23.0 Å². The molecule has 152 valence electrons. The van der Waals surface area contributed by atoms with E-state index in [0.717, 1.165) is 5.56 Å². The van der Waals surface area contributed by atoms with E-state index in [2.05, 4.69) is 20.1 Å². The van der Waals surface area contributed by atoms with Gasteiger partial charge < -0.3 is 19.0 Å². The molecule has 0 atom stereocenters. The highest BCUT2D eigenvalue weighted by atomic mass is 16.6. The van der Waals surface area contributed by atoms with E-state index in [1.807, 2.05) is 37.3 Å². The van der Waals surface area contributed by atoms with E-state index < -0.39 is 0 Å². The summed E-state index contributed by atoms with van der Waals surface area (Å²) in [5, 5.41) is 8.30. The Morgan fingerprint density at radius 2 is 1.86 bits per heavy atom. The Kier molecular flexibility index (Phi) is 5.37. The first-order valence-corrected chi connectivity index (χ1v) is 9.55. The van der Waals surface area contributed by atoms with Crippen molar-refractivity contribution in [3.63, 3.8) is 0 Å². The first-order chi connectivity index (χ1) is 14.2. The molecule has 9 heteroatoms. The maximum atomic E-state index is 11.9. The van der Waals surface area contributed by atoms with E-state index in [-0.39, 0.29) is 7.52 Å². The van der Waals surface area contributed by atoms with Crippen LogP contribution in [0.3, 0.4) is 0 Å². The summed E-state index contributed by atoms with van der Waals surface area (Å²) in [6.45, 7) is 6.48. The number of carbonyl (C=O) groups is 1. The minimum Gasteiger partial charge on any atom is -0.450 e. The molecule has 0 spiro atoms. The topological polar surface area (TPSA) is 97.5 Å². The summed E-state index contributed by atoms with van der Waals surface area (Å²) in [4.78, 5) is 24.8. The molecule has 3 heterocycles. The number of anilines is 1. The van der Waals surface area contributed by atoms with Crippen LogP contribution >= 0.6 is 0 Å². The second-order valence-electron chi connectivity index (χ2n) is 6.61. The molecule has 3 aromatic rings. The van der Waals surface area contributed by atoms with Gasteiger partial charge in [-0.1, -0.05) is 18.2 Å². The molecule has 1 fully saturated rings. The van der Waals surface area contributed by atoms with E-state index in [9.17, 15) is 4.79 Å². The summed E-state index contributed by atoms with van der Waals surface area (Å²) >= 11 is 0. The molecule has 29 heavy (non-hydrogen) atoms. The van der Waals surface area contributed by atoms with Gasteiger partial charge in [-0.3, -0.25) is 4.98 Å². The van der Waals surface area contributed by atoms with Crippen LogP contribution in [-0.2, 0) is 4.74 Å². The number of amides is 1. The number of aromatic nitrogens is 4. The predicted molar refractivity (Wildman–Crippen MR) is 108 cm³/mol. The third-order valence-corrected chi connectivity index (χ3v) is 4.72. The first-order valence-electron chi connectivity index (χ1n) is 9.55. The van der Waals surface area contributed by atoms with E-state index in [1.165, 1.54) is 0 Å². The zero-order chi connectivity index (χ0) is 20.2. The van der Waals surface area contributed by atoms with Gasteiger partial charge in [-0.15, -0.1) is 10.2 Å². The zero-order valence-corrected chi connectivity index (χ0v) is 16.4. The number of benzene rings is 1. The van der Waals surface area contributed by atoms with Crippen LogP contribution in [0.1, 0.15) is 14.0 Å². The summed E-state index contributed by atoms with van der Waals surface area (Å²) in [6, 6.07) is 9.59. The van der Waals surface area contributed by atoms with Gasteiger partial charge in [-0.25, -0.2) is 9.78 Å². The molecule has 0 unspecified atom stereocenters. The second kappa shape index (κ2) is 8.26. The van der Waals surface area contributed by atoms with Crippen molar-refractivity contribution in [2.45, 2.75) is 13.8 Å². The zero-order valence-electron chi connectivity index (χ0n) is 16.4. The third-order valence-electron chi connectivity index (χ3n) is 4.72. The van der Waals surface area contributed by atoms with Crippen LogP contribution in [-0.4, -0.2) is 63.9 Å². The largest absolute Gasteiger partial charge is 0.450 e. The number of aryl methyl sites for hydroxylation is 1. The van der Waals surface area contributed by atoms with E-state index in [0.29, 0.717) is 61.8 Å². The Morgan fingerprint density at radius 1 is 1.14 bits per heavy atom. The quantitative estimate of drug-likeness (QED) is 0.664. The average molecular weight is 396 g/mol. The Hall–Kier alpha value is -3.49. The summed E-state index contributed by atoms with van der Waals surface area (Å²) in [7, 11) is 0. The van der Waals surface area contributed by atoms with Crippen LogP contribution in [0, 0.1) is 6.92 Å². The average Bonchev–Trinajstić information content (AvgIpc) is 3.25. The van der Waals surface area contributed by atoms with Crippen LogP contribution in [0.15, 0.2) is 40.9 Å². The lowest BCUT2D eigenvalue weighted by Gasteiger charge is -2.34. The fraction of sp³-hybridized carbons (Fsp3) is 0.350. The van der Waals surface area contributed by atoms with Gasteiger partial charge in [0.2, 0.25) is 5.89 Å². The molecule has 0 saturated carbocycles. The van der Waals surface area contributed by atoms with Gasteiger partial charge in [0.25, 0.3) is 5.89 Å². The monoisotopic (exact) mass is 396 g/mol. The lowest BCUT2D eigenvalue weighted by atomic mass is 10.2. The van der Waals surface area contributed by atoms with Gasteiger partial charge in [0.1, 0.15) is 5.82 Å². The third kappa shape index (κ3) is 4.03. The number of carbonyl (C=O) groups excluding carboxylic acids is 1. The molecule has 0 aliphatic carbocycles. The molecule has 9 nitrogen and oxygen atoms in total. The fourth-order valence-corrected chi connectivity index (χ4v) is 3.14. The van der Waals surface area contributed by atoms with Crippen molar-refractivity contribution < 1.29 is 15.4 Å². The van der Waals surface area contributed by atoms with E-state index in [4.69, 9.17) is 14.1 Å². The van der Waals surface area contributed by atoms with Crippen molar-refractivity contribution in [2.75, 3.05) is 37.7 Å². The lowest BCUT2D eigenvalue weighted by Crippen LogP contribution is -2.49. The van der Waals surface area contributed by atoms with E-state index in [1.54, 1.807) is 18.0 Å².